The molecule has 0 saturated carbocycles. The molecule has 8 heteroatoms. The van der Waals surface area contributed by atoms with E-state index in [0.29, 0.717) is 13.2 Å². The van der Waals surface area contributed by atoms with Crippen LogP contribution in [0.1, 0.15) is 12.5 Å². The van der Waals surface area contributed by atoms with Gasteiger partial charge in [0.1, 0.15) is 5.75 Å². The van der Waals surface area contributed by atoms with Gasteiger partial charge in [-0.05, 0) is 31.7 Å². The van der Waals surface area contributed by atoms with Crippen LogP contribution in [-0.2, 0) is 16.1 Å². The van der Waals surface area contributed by atoms with E-state index in [4.69, 9.17) is 4.74 Å². The first-order chi connectivity index (χ1) is 10.7. The highest BCUT2D eigenvalue weighted by Crippen LogP contribution is 2.22. The maximum atomic E-state index is 12.1. The number of ether oxygens (including phenoxy) is 2. The van der Waals surface area contributed by atoms with Crippen molar-refractivity contribution in [3.63, 3.8) is 0 Å². The summed E-state index contributed by atoms with van der Waals surface area (Å²) in [5.74, 6) is -0.413. The van der Waals surface area contributed by atoms with E-state index in [-0.39, 0.29) is 24.2 Å². The van der Waals surface area contributed by atoms with Crippen LogP contribution in [0.5, 0.6) is 5.75 Å². The fourth-order valence-corrected chi connectivity index (χ4v) is 2.02. The third-order valence-electron chi connectivity index (χ3n) is 2.85. The number of hydrogen-bond donors (Lipinski definition) is 1. The van der Waals surface area contributed by atoms with Crippen LogP contribution in [0, 0.1) is 0 Å². The third kappa shape index (κ3) is 8.41. The summed E-state index contributed by atoms with van der Waals surface area (Å²) < 4.78 is 44.9. The smallest absolute Gasteiger partial charge is 0.406 e. The highest BCUT2D eigenvalue weighted by molar-refractivity contribution is 5.78. The predicted octanol–water partition coefficient (Wildman–Crippen LogP) is 2.17. The van der Waals surface area contributed by atoms with Gasteiger partial charge in [-0.2, -0.15) is 0 Å². The highest BCUT2D eigenvalue weighted by Gasteiger charge is 2.30. The average molecular weight is 334 g/mol. The Kier molecular flexibility index (Phi) is 7.31. The number of hydrogen-bond acceptors (Lipinski definition) is 4. The summed E-state index contributed by atoms with van der Waals surface area (Å²) >= 11 is 0. The molecule has 1 amide bonds. The molecule has 0 aliphatic carbocycles. The van der Waals surface area contributed by atoms with Gasteiger partial charge in [0.05, 0.1) is 13.2 Å². The molecule has 130 valence electrons. The minimum absolute atomic E-state index is 0.0836. The van der Waals surface area contributed by atoms with E-state index in [9.17, 15) is 18.0 Å². The molecule has 0 spiro atoms. The molecule has 1 atom stereocenters. The van der Waals surface area contributed by atoms with Gasteiger partial charge >= 0.3 is 6.36 Å². The van der Waals surface area contributed by atoms with Crippen LogP contribution in [0.15, 0.2) is 24.3 Å². The zero-order chi connectivity index (χ0) is 17.5. The lowest BCUT2D eigenvalue weighted by Gasteiger charge is -2.19. The Bertz CT molecular complexity index is 492. The molecule has 5 nitrogen and oxygen atoms in total. The van der Waals surface area contributed by atoms with Crippen LogP contribution < -0.4 is 10.1 Å². The molecule has 23 heavy (non-hydrogen) atoms. The zero-order valence-corrected chi connectivity index (χ0v) is 13.3. The quantitative estimate of drug-likeness (QED) is 0.792. The van der Waals surface area contributed by atoms with Gasteiger partial charge in [0.2, 0.25) is 5.91 Å². The van der Waals surface area contributed by atoms with Crippen molar-refractivity contribution in [1.29, 1.82) is 0 Å². The Labute approximate surface area is 133 Å². The van der Waals surface area contributed by atoms with Crippen molar-refractivity contribution in [2.45, 2.75) is 25.9 Å². The maximum Gasteiger partial charge on any atom is 0.573 e. The topological polar surface area (TPSA) is 50.8 Å². The number of halogens is 3. The third-order valence-corrected chi connectivity index (χ3v) is 2.85. The molecule has 0 heterocycles. The number of carbonyl (C=O) groups excluding carboxylic acids is 1. The molecule has 0 aliphatic heterocycles. The molecule has 0 aromatic heterocycles. The summed E-state index contributed by atoms with van der Waals surface area (Å²) in [6, 6.07) is 5.47. The number of benzene rings is 1. The van der Waals surface area contributed by atoms with Crippen LogP contribution >= 0.6 is 0 Å². The molecule has 0 radical (unpaired) electrons. The van der Waals surface area contributed by atoms with Gasteiger partial charge in [-0.1, -0.05) is 12.1 Å². The second-order valence-electron chi connectivity index (χ2n) is 5.29. The molecule has 1 N–H and O–H groups in total. The summed E-state index contributed by atoms with van der Waals surface area (Å²) in [7, 11) is 3.31. The lowest BCUT2D eigenvalue weighted by molar-refractivity contribution is -0.274. The van der Waals surface area contributed by atoms with E-state index in [1.807, 2.05) is 6.92 Å². The van der Waals surface area contributed by atoms with Gasteiger partial charge in [0.15, 0.2) is 0 Å². The van der Waals surface area contributed by atoms with Crippen LogP contribution in [0.4, 0.5) is 13.2 Å². The van der Waals surface area contributed by atoms with Gasteiger partial charge < -0.3 is 14.8 Å². The van der Waals surface area contributed by atoms with Gasteiger partial charge in [-0.3, -0.25) is 9.69 Å². The van der Waals surface area contributed by atoms with E-state index < -0.39 is 6.36 Å². The highest BCUT2D eigenvalue weighted by atomic mass is 19.4. The number of amides is 1. The molecule has 1 aromatic carbocycles. The Balaban J connectivity index is 2.45. The first-order valence-electron chi connectivity index (χ1n) is 7.01. The Hall–Kier alpha value is -1.80. The summed E-state index contributed by atoms with van der Waals surface area (Å²) in [6.45, 7) is 2.87. The second kappa shape index (κ2) is 8.73. The average Bonchev–Trinajstić information content (AvgIpc) is 2.39. The Morgan fingerprint density at radius 1 is 1.30 bits per heavy atom. The van der Waals surface area contributed by atoms with Crippen LogP contribution in [-0.4, -0.2) is 50.5 Å². The summed E-state index contributed by atoms with van der Waals surface area (Å²) in [5, 5.41) is 2.78. The van der Waals surface area contributed by atoms with E-state index in [1.54, 1.807) is 19.1 Å². The maximum absolute atomic E-state index is 12.1. The molecule has 0 bridgehead atoms. The standard InChI is InChI=1S/C15H21F3N2O3/c1-11(10-22-3)19-14(21)9-20(2)8-12-4-6-13(7-5-12)23-15(16,17)18/h4-7,11H,8-10H2,1-3H3,(H,19,21). The van der Waals surface area contributed by atoms with Gasteiger partial charge in [0, 0.05) is 19.7 Å². The van der Waals surface area contributed by atoms with Crippen molar-refractivity contribution in [3.05, 3.63) is 29.8 Å². The first-order valence-corrected chi connectivity index (χ1v) is 7.01. The van der Waals surface area contributed by atoms with Gasteiger partial charge in [-0.15, -0.1) is 13.2 Å². The molecule has 1 aromatic rings. The molecular formula is C15H21F3N2O3. The lowest BCUT2D eigenvalue weighted by Crippen LogP contribution is -2.41. The Morgan fingerprint density at radius 2 is 1.91 bits per heavy atom. The summed E-state index contributed by atoms with van der Waals surface area (Å²) in [5.41, 5.74) is 0.778. The number of carbonyl (C=O) groups is 1. The summed E-state index contributed by atoms with van der Waals surface area (Å²) in [4.78, 5) is 13.5. The van der Waals surface area contributed by atoms with Crippen molar-refractivity contribution in [2.24, 2.45) is 0 Å². The fourth-order valence-electron chi connectivity index (χ4n) is 2.02. The molecule has 1 rings (SSSR count). The molecule has 1 unspecified atom stereocenters. The van der Waals surface area contributed by atoms with Crippen LogP contribution in [0.25, 0.3) is 0 Å². The molecule has 0 saturated heterocycles. The van der Waals surface area contributed by atoms with Crippen LogP contribution in [0.3, 0.4) is 0 Å². The minimum Gasteiger partial charge on any atom is -0.406 e. The van der Waals surface area contributed by atoms with Crippen molar-refractivity contribution >= 4 is 5.91 Å². The lowest BCUT2D eigenvalue weighted by atomic mass is 10.2. The number of methoxy groups -OCH3 is 1. The number of alkyl halides is 3. The van der Waals surface area contributed by atoms with E-state index in [0.717, 1.165) is 5.56 Å². The number of nitrogens with zero attached hydrogens (tertiary/aromatic N) is 1. The number of rotatable bonds is 8. The van der Waals surface area contributed by atoms with Gasteiger partial charge in [-0.25, -0.2) is 0 Å². The second-order valence-corrected chi connectivity index (χ2v) is 5.29. The van der Waals surface area contributed by atoms with Gasteiger partial charge in [0.25, 0.3) is 0 Å². The van der Waals surface area contributed by atoms with Crippen molar-refractivity contribution in [1.82, 2.24) is 10.2 Å². The monoisotopic (exact) mass is 334 g/mol. The van der Waals surface area contributed by atoms with E-state index >= 15 is 0 Å². The van der Waals surface area contributed by atoms with Crippen molar-refractivity contribution < 1.29 is 27.4 Å². The predicted molar refractivity (Wildman–Crippen MR) is 78.9 cm³/mol. The molecule has 0 fully saturated rings. The molecule has 0 aliphatic rings. The Morgan fingerprint density at radius 3 is 2.43 bits per heavy atom. The summed E-state index contributed by atoms with van der Waals surface area (Å²) in [6.07, 6.45) is -4.70. The molecular weight excluding hydrogens is 313 g/mol. The number of nitrogens with one attached hydrogen (secondary N) is 1. The van der Waals surface area contributed by atoms with E-state index in [1.165, 1.54) is 24.3 Å². The zero-order valence-electron chi connectivity index (χ0n) is 13.3. The van der Waals surface area contributed by atoms with Crippen molar-refractivity contribution in [2.75, 3.05) is 27.3 Å². The van der Waals surface area contributed by atoms with Crippen LogP contribution in [0.2, 0.25) is 0 Å². The normalized spacial score (nSPS) is 13.0. The van der Waals surface area contributed by atoms with E-state index in [2.05, 4.69) is 10.1 Å². The number of likely N-dealkylation sites (N-methyl/N-ethyl adjacent to an activating group) is 1. The first kappa shape index (κ1) is 19.2. The van der Waals surface area contributed by atoms with Crippen molar-refractivity contribution in [3.8, 4) is 5.75 Å². The SMILES string of the molecule is COCC(C)NC(=O)CN(C)Cc1ccc(OC(F)(F)F)cc1. The fraction of sp³-hybridized carbons (Fsp3) is 0.533. The largest absolute Gasteiger partial charge is 0.573 e. The minimum atomic E-state index is -4.70.